The molecule has 0 unspecified atom stereocenters. The Hall–Kier alpha value is -4.81. The summed E-state index contributed by atoms with van der Waals surface area (Å²) in [5, 5.41) is 43.1. The fraction of sp³-hybridized carbons (Fsp3) is 0.469. The number of hydrogen-bond acceptors (Lipinski definition) is 10. The number of rotatable bonds is 8. The van der Waals surface area contributed by atoms with Crippen LogP contribution in [0.5, 0.6) is 0 Å². The summed E-state index contributed by atoms with van der Waals surface area (Å²) in [6, 6.07) is 10.1. The first kappa shape index (κ1) is 30.8. The van der Waals surface area contributed by atoms with E-state index in [0.29, 0.717) is 38.4 Å². The molecule has 0 aromatic carbocycles. The summed E-state index contributed by atoms with van der Waals surface area (Å²) < 4.78 is 7.13. The van der Waals surface area contributed by atoms with Crippen molar-refractivity contribution < 1.29 is 19.4 Å². The molecule has 5 heterocycles. The molecule has 2 saturated carbocycles. The number of nitrogens with zero attached hydrogens (tertiary/aromatic N) is 7. The van der Waals surface area contributed by atoms with Gasteiger partial charge < -0.3 is 30.7 Å². The second-order valence-corrected chi connectivity index (χ2v) is 13.4. The smallest absolute Gasteiger partial charge is 0.404 e. The van der Waals surface area contributed by atoms with Gasteiger partial charge in [-0.2, -0.15) is 10.4 Å². The highest BCUT2D eigenvalue weighted by Crippen LogP contribution is 2.40. The second-order valence-electron chi connectivity index (χ2n) is 12.4. The minimum Gasteiger partial charge on any atom is -0.465 e. The Morgan fingerprint density at radius 2 is 1.87 bits per heavy atom. The molecule has 7 rings (SSSR count). The highest BCUT2D eigenvalue weighted by molar-refractivity contribution is 7.14. The van der Waals surface area contributed by atoms with E-state index in [1.165, 1.54) is 6.20 Å². The second kappa shape index (κ2) is 13.5. The Labute approximate surface area is 275 Å². The predicted octanol–water partition coefficient (Wildman–Crippen LogP) is 4.31. The monoisotopic (exact) mass is 656 g/mol. The Kier molecular flexibility index (Phi) is 8.86. The van der Waals surface area contributed by atoms with Crippen LogP contribution >= 0.6 is 11.3 Å². The lowest BCUT2D eigenvalue weighted by Crippen LogP contribution is -2.49. The molecule has 3 amide bonds. The Morgan fingerprint density at radius 3 is 2.64 bits per heavy atom. The summed E-state index contributed by atoms with van der Waals surface area (Å²) >= 11 is 1.58. The van der Waals surface area contributed by atoms with Gasteiger partial charge in [-0.3, -0.25) is 4.98 Å². The standard InChI is InChI=1S/C32H36N10O4S/c33-15-20-13-24-5-6-28(42(24)36-17-20)27-14-26(37-23-11-19(12-23)16-35-32(44)45)25(18-34-27)30-40-39-29(47-30)21-1-3-22(4-2-21)38-31(43)41-7-9-46-10-8-41/h5-6,13-14,17-19,21-23,35H,1-4,7-12,16H2,(H,34,37)(H,38,43)(H,44,45)/t19-,21-,22-,23-. The number of hydrogen-bond donors (Lipinski definition) is 4. The maximum atomic E-state index is 12.7. The maximum absolute atomic E-state index is 12.7. The highest BCUT2D eigenvalue weighted by Gasteiger charge is 2.31. The first-order chi connectivity index (χ1) is 22.9. The van der Waals surface area contributed by atoms with Crippen molar-refractivity contribution in [3.63, 3.8) is 0 Å². The van der Waals surface area contributed by atoms with Gasteiger partial charge in [0, 0.05) is 49.5 Å². The molecule has 244 valence electrons. The Morgan fingerprint density at radius 1 is 1.06 bits per heavy atom. The van der Waals surface area contributed by atoms with Crippen LogP contribution < -0.4 is 16.0 Å². The molecule has 0 spiro atoms. The van der Waals surface area contributed by atoms with Gasteiger partial charge in [0.2, 0.25) is 0 Å². The van der Waals surface area contributed by atoms with Crippen LogP contribution in [0.15, 0.2) is 36.7 Å². The number of pyridine rings is 1. The van der Waals surface area contributed by atoms with Crippen molar-refractivity contribution in [3.05, 3.63) is 47.2 Å². The average molecular weight is 657 g/mol. The molecule has 15 heteroatoms. The van der Waals surface area contributed by atoms with E-state index >= 15 is 0 Å². The van der Waals surface area contributed by atoms with Gasteiger partial charge in [0.25, 0.3) is 0 Å². The maximum Gasteiger partial charge on any atom is 0.404 e. The molecule has 0 atom stereocenters. The predicted molar refractivity (Wildman–Crippen MR) is 174 cm³/mol. The quantitative estimate of drug-likeness (QED) is 0.213. The van der Waals surface area contributed by atoms with Gasteiger partial charge in [-0.1, -0.05) is 11.3 Å². The van der Waals surface area contributed by atoms with E-state index in [4.69, 9.17) is 14.8 Å². The van der Waals surface area contributed by atoms with Gasteiger partial charge in [0.15, 0.2) is 5.01 Å². The van der Waals surface area contributed by atoms with Crippen LogP contribution in [-0.4, -0.2) is 91.9 Å². The van der Waals surface area contributed by atoms with E-state index in [9.17, 15) is 14.9 Å². The molecular formula is C32H36N10O4S. The molecule has 2 aliphatic carbocycles. The summed E-state index contributed by atoms with van der Waals surface area (Å²) in [6.45, 7) is 2.88. The molecule has 3 fully saturated rings. The van der Waals surface area contributed by atoms with Crippen LogP contribution in [0.3, 0.4) is 0 Å². The van der Waals surface area contributed by atoms with Crippen LogP contribution in [0.2, 0.25) is 0 Å². The van der Waals surface area contributed by atoms with Gasteiger partial charge in [-0.05, 0) is 68.7 Å². The summed E-state index contributed by atoms with van der Waals surface area (Å²) in [7, 11) is 0. The third-order valence-corrected chi connectivity index (χ3v) is 10.4. The third-order valence-electron chi connectivity index (χ3n) is 9.31. The molecule has 4 aromatic heterocycles. The lowest BCUT2D eigenvalue weighted by Gasteiger charge is -2.36. The highest BCUT2D eigenvalue weighted by atomic mass is 32.1. The molecule has 3 aliphatic rings. The summed E-state index contributed by atoms with van der Waals surface area (Å²) in [5.41, 5.74) is 4.55. The molecule has 0 radical (unpaired) electrons. The number of carbonyl (C=O) groups is 2. The van der Waals surface area contributed by atoms with Crippen molar-refractivity contribution in [3.8, 4) is 28.0 Å². The number of morpholine rings is 1. The van der Waals surface area contributed by atoms with E-state index in [1.54, 1.807) is 21.9 Å². The van der Waals surface area contributed by atoms with E-state index < -0.39 is 6.09 Å². The number of nitrogens with one attached hydrogen (secondary N) is 3. The van der Waals surface area contributed by atoms with Crippen molar-refractivity contribution in [2.45, 2.75) is 56.5 Å². The number of carbonyl (C=O) groups excluding carboxylic acids is 1. The molecular weight excluding hydrogens is 620 g/mol. The summed E-state index contributed by atoms with van der Waals surface area (Å²) in [4.78, 5) is 30.2. The Balaban J connectivity index is 1.07. The molecule has 1 aliphatic heterocycles. The van der Waals surface area contributed by atoms with Crippen molar-refractivity contribution in [2.75, 3.05) is 38.2 Å². The number of ether oxygens (including phenoxy) is 1. The fourth-order valence-corrected chi connectivity index (χ4v) is 7.67. The SMILES string of the molecule is N#Cc1cnn2c(-c3cc(N[C@H]4C[C@H](CNC(=O)O)C4)c(-c4nnc([C@H]5CC[C@H](NC(=O)N6CCOCC6)CC5)s4)cn3)ccc2c1. The number of aromatic nitrogens is 5. The van der Waals surface area contributed by atoms with Gasteiger partial charge in [-0.25, -0.2) is 14.1 Å². The van der Waals surface area contributed by atoms with Gasteiger partial charge in [0.1, 0.15) is 11.1 Å². The zero-order valence-electron chi connectivity index (χ0n) is 25.8. The van der Waals surface area contributed by atoms with Gasteiger partial charge in [0.05, 0.1) is 47.4 Å². The molecule has 4 aromatic rings. The van der Waals surface area contributed by atoms with Crippen LogP contribution in [0.4, 0.5) is 15.3 Å². The summed E-state index contributed by atoms with van der Waals surface area (Å²) in [5.74, 6) is 0.565. The van der Waals surface area contributed by atoms with E-state index in [2.05, 4.69) is 37.3 Å². The minimum atomic E-state index is -1.00. The van der Waals surface area contributed by atoms with E-state index in [0.717, 1.165) is 76.7 Å². The Bertz CT molecular complexity index is 1800. The zero-order chi connectivity index (χ0) is 32.3. The molecule has 14 nitrogen and oxygen atoms in total. The van der Waals surface area contributed by atoms with Crippen LogP contribution in [0.1, 0.15) is 55.0 Å². The van der Waals surface area contributed by atoms with Crippen LogP contribution in [-0.2, 0) is 4.74 Å². The van der Waals surface area contributed by atoms with E-state index in [-0.39, 0.29) is 30.0 Å². The van der Waals surface area contributed by atoms with Crippen molar-refractivity contribution in [1.82, 2.24) is 40.3 Å². The molecule has 47 heavy (non-hydrogen) atoms. The molecule has 4 N–H and O–H groups in total. The number of fused-ring (bicyclic) bond motifs is 1. The third kappa shape index (κ3) is 6.84. The van der Waals surface area contributed by atoms with Crippen LogP contribution in [0, 0.1) is 17.2 Å². The lowest BCUT2D eigenvalue weighted by atomic mass is 9.80. The number of nitriles is 1. The van der Waals surface area contributed by atoms with Gasteiger partial charge in [-0.15, -0.1) is 10.2 Å². The first-order valence-corrected chi connectivity index (χ1v) is 16.8. The zero-order valence-corrected chi connectivity index (χ0v) is 26.6. The molecule has 1 saturated heterocycles. The number of urea groups is 1. The van der Waals surface area contributed by atoms with Crippen molar-refractivity contribution >= 4 is 34.7 Å². The minimum absolute atomic E-state index is 0.00212. The van der Waals surface area contributed by atoms with Crippen molar-refractivity contribution in [2.24, 2.45) is 5.92 Å². The largest absolute Gasteiger partial charge is 0.465 e. The van der Waals surface area contributed by atoms with Crippen LogP contribution in [0.25, 0.3) is 27.5 Å². The lowest BCUT2D eigenvalue weighted by molar-refractivity contribution is 0.0521. The first-order valence-electron chi connectivity index (χ1n) is 16.0. The topological polar surface area (TPSA) is 183 Å². The molecule has 0 bridgehead atoms. The average Bonchev–Trinajstić information content (AvgIpc) is 3.74. The van der Waals surface area contributed by atoms with Crippen molar-refractivity contribution in [1.29, 1.82) is 5.26 Å². The van der Waals surface area contributed by atoms with E-state index in [1.807, 2.05) is 29.3 Å². The number of anilines is 1. The number of carboxylic acid groups (broad SMARTS) is 1. The van der Waals surface area contributed by atoms with Gasteiger partial charge >= 0.3 is 12.1 Å². The normalized spacial score (nSPS) is 22.7. The fourth-order valence-electron chi connectivity index (χ4n) is 6.64. The number of amides is 3. The summed E-state index contributed by atoms with van der Waals surface area (Å²) in [6.07, 6.45) is 7.70.